The van der Waals surface area contributed by atoms with E-state index in [4.69, 9.17) is 0 Å². The second kappa shape index (κ2) is 5.68. The fourth-order valence-corrected chi connectivity index (χ4v) is 6.94. The molecule has 0 radical (unpaired) electrons. The third-order valence-corrected chi connectivity index (χ3v) is 8.39. The van der Waals surface area contributed by atoms with Crippen LogP contribution in [0.4, 0.5) is 5.82 Å². The van der Waals surface area contributed by atoms with Crippen LogP contribution >= 0.6 is 0 Å². The zero-order chi connectivity index (χ0) is 21.8. The van der Waals surface area contributed by atoms with E-state index >= 15 is 0 Å². The molecule has 32 heavy (non-hydrogen) atoms. The number of anilines is 1. The molecule has 0 bridgehead atoms. The average Bonchev–Trinajstić information content (AvgIpc) is 3.39. The molecule has 0 amide bonds. The van der Waals surface area contributed by atoms with Crippen LogP contribution in [0.5, 0.6) is 0 Å². The highest BCUT2D eigenvalue weighted by Crippen LogP contribution is 2.68. The molecule has 3 aliphatic carbocycles. The van der Waals surface area contributed by atoms with Gasteiger partial charge >= 0.3 is 0 Å². The molecular weight excluding hydrogens is 400 g/mol. The van der Waals surface area contributed by atoms with Gasteiger partial charge in [0.25, 0.3) is 0 Å². The number of aliphatic hydroxyl groups is 1. The van der Waals surface area contributed by atoms with Crippen molar-refractivity contribution >= 4 is 16.7 Å². The SMILES string of the molecule is CC1(O)CC2(CN(c3cc(-n4ncc5ccc(C6(C#N)CC7(CC7)C6)cc54)ncn3)C2)C1. The highest BCUT2D eigenvalue weighted by molar-refractivity contribution is 5.81. The van der Waals surface area contributed by atoms with Crippen LogP contribution in [0, 0.1) is 22.2 Å². The number of fused-ring (bicyclic) bond motifs is 1. The second-order valence-electron chi connectivity index (χ2n) is 11.3. The maximum Gasteiger partial charge on any atom is 0.159 e. The predicted octanol–water partition coefficient (Wildman–Crippen LogP) is 3.50. The Morgan fingerprint density at radius 3 is 2.44 bits per heavy atom. The second-order valence-corrected chi connectivity index (χ2v) is 11.3. The van der Waals surface area contributed by atoms with Gasteiger partial charge in [0, 0.05) is 30.0 Å². The Bertz CT molecular complexity index is 1290. The summed E-state index contributed by atoms with van der Waals surface area (Å²) in [6.45, 7) is 3.78. The molecule has 4 aliphatic rings. The zero-order valence-corrected chi connectivity index (χ0v) is 18.3. The first-order valence-electron chi connectivity index (χ1n) is 11.5. The van der Waals surface area contributed by atoms with Gasteiger partial charge in [0.2, 0.25) is 0 Å². The van der Waals surface area contributed by atoms with Crippen LogP contribution < -0.4 is 4.90 Å². The zero-order valence-electron chi connectivity index (χ0n) is 18.3. The van der Waals surface area contributed by atoms with Crippen LogP contribution in [-0.2, 0) is 5.41 Å². The largest absolute Gasteiger partial charge is 0.390 e. The lowest BCUT2D eigenvalue weighted by Gasteiger charge is -2.61. The summed E-state index contributed by atoms with van der Waals surface area (Å²) in [5.41, 5.74) is 1.92. The summed E-state index contributed by atoms with van der Waals surface area (Å²) in [5.74, 6) is 1.64. The van der Waals surface area contributed by atoms with Crippen LogP contribution in [0.25, 0.3) is 16.7 Å². The van der Waals surface area contributed by atoms with E-state index in [-0.39, 0.29) is 10.8 Å². The van der Waals surface area contributed by atoms with Crippen LogP contribution in [0.2, 0.25) is 0 Å². The molecule has 4 fully saturated rings. The third kappa shape index (κ3) is 2.53. The van der Waals surface area contributed by atoms with E-state index < -0.39 is 5.60 Å². The molecule has 3 heterocycles. The van der Waals surface area contributed by atoms with E-state index in [0.717, 1.165) is 66.9 Å². The fourth-order valence-electron chi connectivity index (χ4n) is 6.94. The van der Waals surface area contributed by atoms with Crippen LogP contribution in [0.15, 0.2) is 36.8 Å². The lowest BCUT2D eigenvalue weighted by atomic mass is 9.56. The normalized spacial score (nSPS) is 28.1. The molecule has 1 aromatic carbocycles. The van der Waals surface area contributed by atoms with Crippen molar-refractivity contribution in [3.63, 3.8) is 0 Å². The molecule has 2 spiro atoms. The first kappa shape index (κ1) is 18.6. The Kier molecular flexibility index (Phi) is 3.30. The highest BCUT2D eigenvalue weighted by atomic mass is 16.3. The molecule has 0 unspecified atom stereocenters. The van der Waals surface area contributed by atoms with Crippen molar-refractivity contribution in [2.75, 3.05) is 18.0 Å². The van der Waals surface area contributed by atoms with E-state index in [0.29, 0.717) is 5.41 Å². The van der Waals surface area contributed by atoms with Gasteiger partial charge in [-0.25, -0.2) is 14.6 Å². The summed E-state index contributed by atoms with van der Waals surface area (Å²) in [4.78, 5) is 11.3. The molecule has 1 N–H and O–H groups in total. The quantitative estimate of drug-likeness (QED) is 0.689. The lowest BCUT2D eigenvalue weighted by molar-refractivity contribution is -0.126. The number of hydrogen-bond donors (Lipinski definition) is 1. The molecule has 2 aromatic heterocycles. The van der Waals surface area contributed by atoms with Crippen molar-refractivity contribution in [2.24, 2.45) is 10.8 Å². The molecule has 162 valence electrons. The molecule has 1 aliphatic heterocycles. The number of nitrogens with zero attached hydrogens (tertiary/aromatic N) is 6. The van der Waals surface area contributed by atoms with Crippen molar-refractivity contribution in [2.45, 2.75) is 56.5 Å². The Morgan fingerprint density at radius 1 is 1.00 bits per heavy atom. The van der Waals surface area contributed by atoms with Crippen molar-refractivity contribution < 1.29 is 5.11 Å². The Hall–Kier alpha value is -2.98. The van der Waals surface area contributed by atoms with E-state index in [2.05, 4.69) is 44.2 Å². The summed E-state index contributed by atoms with van der Waals surface area (Å²) in [6.07, 6.45) is 9.70. The first-order chi connectivity index (χ1) is 15.3. The van der Waals surface area contributed by atoms with Gasteiger partial charge < -0.3 is 10.0 Å². The van der Waals surface area contributed by atoms with Crippen molar-refractivity contribution in [1.82, 2.24) is 19.7 Å². The Balaban J connectivity index is 1.19. The first-order valence-corrected chi connectivity index (χ1v) is 11.5. The molecule has 7 rings (SSSR count). The highest BCUT2D eigenvalue weighted by Gasteiger charge is 2.62. The molecule has 0 atom stereocenters. The van der Waals surface area contributed by atoms with Crippen molar-refractivity contribution in [3.8, 4) is 11.9 Å². The molecule has 3 aromatic rings. The van der Waals surface area contributed by atoms with E-state index in [9.17, 15) is 10.4 Å². The molecular formula is C25H26N6O. The third-order valence-electron chi connectivity index (χ3n) is 8.39. The molecule has 7 heteroatoms. The van der Waals surface area contributed by atoms with Gasteiger partial charge in [-0.1, -0.05) is 12.1 Å². The number of rotatable bonds is 3. The van der Waals surface area contributed by atoms with Gasteiger partial charge in [0.05, 0.1) is 28.8 Å². The summed E-state index contributed by atoms with van der Waals surface area (Å²) >= 11 is 0. The summed E-state index contributed by atoms with van der Waals surface area (Å²) in [6, 6.07) is 10.9. The van der Waals surface area contributed by atoms with E-state index in [1.54, 1.807) is 6.33 Å². The Labute approximate surface area is 186 Å². The summed E-state index contributed by atoms with van der Waals surface area (Å²) in [7, 11) is 0. The maximum atomic E-state index is 10.1. The maximum absolute atomic E-state index is 10.1. The molecule has 3 saturated carbocycles. The van der Waals surface area contributed by atoms with Crippen LogP contribution in [0.3, 0.4) is 0 Å². The van der Waals surface area contributed by atoms with Gasteiger partial charge in [-0.15, -0.1) is 0 Å². The van der Waals surface area contributed by atoms with E-state index in [1.165, 1.54) is 12.8 Å². The standard InChI is InChI=1S/C25H26N6O/c1-22(32)9-24(10-22)14-30(15-24)20-7-21(28-16-27-20)31-19-6-18(3-2-17(19)8-29-31)25(13-26)11-23(12-25)4-5-23/h2-3,6-8,16,32H,4-5,9-12,14-15H2,1H3. The average molecular weight is 427 g/mol. The van der Waals surface area contributed by atoms with Crippen LogP contribution in [-0.4, -0.2) is 43.5 Å². The topological polar surface area (TPSA) is 90.9 Å². The summed E-state index contributed by atoms with van der Waals surface area (Å²) in [5, 5.41) is 25.7. The monoisotopic (exact) mass is 426 g/mol. The van der Waals surface area contributed by atoms with Crippen molar-refractivity contribution in [3.05, 3.63) is 42.4 Å². The Morgan fingerprint density at radius 2 is 1.75 bits per heavy atom. The van der Waals surface area contributed by atoms with E-state index in [1.807, 2.05) is 23.9 Å². The van der Waals surface area contributed by atoms with Crippen molar-refractivity contribution in [1.29, 1.82) is 5.26 Å². The lowest BCUT2D eigenvalue weighted by Crippen LogP contribution is -2.67. The number of nitriles is 1. The minimum Gasteiger partial charge on any atom is -0.390 e. The molecule has 1 saturated heterocycles. The number of aromatic nitrogens is 4. The van der Waals surface area contributed by atoms with Gasteiger partial charge in [-0.3, -0.25) is 0 Å². The van der Waals surface area contributed by atoms with Crippen LogP contribution in [0.1, 0.15) is 51.0 Å². The number of benzene rings is 1. The van der Waals surface area contributed by atoms with Gasteiger partial charge in [0.1, 0.15) is 12.1 Å². The molecule has 7 nitrogen and oxygen atoms in total. The predicted molar refractivity (Wildman–Crippen MR) is 119 cm³/mol. The number of hydrogen-bond acceptors (Lipinski definition) is 6. The van der Waals surface area contributed by atoms with Gasteiger partial charge in [0.15, 0.2) is 5.82 Å². The van der Waals surface area contributed by atoms with Gasteiger partial charge in [-0.05, 0) is 62.5 Å². The smallest absolute Gasteiger partial charge is 0.159 e. The minimum atomic E-state index is -0.505. The fraction of sp³-hybridized carbons (Fsp3) is 0.520. The van der Waals surface area contributed by atoms with Gasteiger partial charge in [-0.2, -0.15) is 10.4 Å². The summed E-state index contributed by atoms with van der Waals surface area (Å²) < 4.78 is 1.87. The minimum absolute atomic E-state index is 0.245.